The third kappa shape index (κ3) is 4.65. The van der Waals surface area contributed by atoms with Gasteiger partial charge in [-0.15, -0.1) is 11.3 Å². The van der Waals surface area contributed by atoms with Crippen molar-refractivity contribution < 1.29 is 14.3 Å². The monoisotopic (exact) mass is 445 g/mol. The average Bonchev–Trinajstić information content (AvgIpc) is 3.07. The molecule has 0 spiro atoms. The van der Waals surface area contributed by atoms with Crippen molar-refractivity contribution in [2.45, 2.75) is 27.2 Å². The maximum absolute atomic E-state index is 12.3. The van der Waals surface area contributed by atoms with Crippen molar-refractivity contribution in [2.24, 2.45) is 0 Å². The van der Waals surface area contributed by atoms with Crippen LogP contribution in [0.4, 0.5) is 10.7 Å². The van der Waals surface area contributed by atoms with Crippen LogP contribution in [0.25, 0.3) is 0 Å². The number of methoxy groups -OCH3 is 1. The number of thiocarbonyl (C=S) groups is 1. The quantitative estimate of drug-likeness (QED) is 0.422. The van der Waals surface area contributed by atoms with Gasteiger partial charge in [0.2, 0.25) is 0 Å². The third-order valence-electron chi connectivity index (χ3n) is 5.38. The van der Waals surface area contributed by atoms with Crippen molar-refractivity contribution >= 4 is 51.1 Å². The van der Waals surface area contributed by atoms with Gasteiger partial charge in [0.25, 0.3) is 0 Å². The molecule has 0 unspecified atom stereocenters. The van der Waals surface area contributed by atoms with Crippen LogP contribution in [0.2, 0.25) is 0 Å². The van der Waals surface area contributed by atoms with Crippen molar-refractivity contribution in [2.75, 3.05) is 43.5 Å². The molecule has 0 aliphatic carbocycles. The smallest absolute Gasteiger partial charge is 0.341 e. The normalized spacial score (nSPS) is 13.9. The number of thiophene rings is 1. The Morgan fingerprint density at radius 3 is 2.33 bits per heavy atom. The Morgan fingerprint density at radius 1 is 1.17 bits per heavy atom. The number of carbonyl (C=O) groups excluding carboxylic acids is 2. The first-order chi connectivity index (χ1) is 14.3. The fourth-order valence-corrected chi connectivity index (χ4v) is 5.14. The van der Waals surface area contributed by atoms with Crippen molar-refractivity contribution in [3.05, 3.63) is 45.8 Å². The number of anilines is 2. The van der Waals surface area contributed by atoms with Gasteiger partial charge < -0.3 is 19.9 Å². The number of ketones is 1. The van der Waals surface area contributed by atoms with E-state index in [1.54, 1.807) is 6.92 Å². The number of hydrogen-bond donors (Lipinski definition) is 1. The van der Waals surface area contributed by atoms with E-state index in [2.05, 4.69) is 15.1 Å². The summed E-state index contributed by atoms with van der Waals surface area (Å²) in [7, 11) is 1.40. The van der Waals surface area contributed by atoms with Gasteiger partial charge >= 0.3 is 5.97 Å². The first-order valence-corrected chi connectivity index (χ1v) is 11.2. The Labute approximate surface area is 186 Å². The molecule has 6 nitrogen and oxygen atoms in total. The molecule has 1 N–H and O–H groups in total. The number of nitrogens with one attached hydrogen (secondary N) is 1. The van der Waals surface area contributed by atoms with E-state index in [4.69, 9.17) is 17.0 Å². The molecule has 0 atom stereocenters. The Balaban J connectivity index is 1.65. The van der Waals surface area contributed by atoms with Crippen molar-refractivity contribution in [1.82, 2.24) is 4.90 Å². The third-order valence-corrected chi connectivity index (χ3v) is 6.80. The molecular formula is C22H27N3O3S2. The van der Waals surface area contributed by atoms with E-state index < -0.39 is 0 Å². The highest BCUT2D eigenvalue weighted by Gasteiger charge is 2.25. The van der Waals surface area contributed by atoms with Crippen LogP contribution in [0.5, 0.6) is 0 Å². The van der Waals surface area contributed by atoms with Crippen LogP contribution in [-0.2, 0) is 11.2 Å². The Kier molecular flexibility index (Phi) is 7.10. The average molecular weight is 446 g/mol. The van der Waals surface area contributed by atoms with Crippen LogP contribution in [-0.4, -0.2) is 55.1 Å². The molecule has 8 heteroatoms. The lowest BCUT2D eigenvalue weighted by atomic mass is 10.1. The summed E-state index contributed by atoms with van der Waals surface area (Å²) in [6.45, 7) is 8.83. The number of Topliss-reactive ketones (excluding diaryl/α,β-unsaturated/α-hetero) is 1. The van der Waals surface area contributed by atoms with Crippen LogP contribution in [0.3, 0.4) is 0 Å². The minimum atomic E-state index is -0.333. The second-order valence-corrected chi connectivity index (χ2v) is 8.80. The molecule has 1 aromatic heterocycles. The summed E-state index contributed by atoms with van der Waals surface area (Å²) in [4.78, 5) is 29.3. The fraction of sp³-hybridized carbons (Fsp3) is 0.409. The zero-order valence-corrected chi connectivity index (χ0v) is 19.4. The predicted octanol–water partition coefficient (Wildman–Crippen LogP) is 4.13. The minimum absolute atomic E-state index is 0.0733. The molecule has 1 aliphatic heterocycles. The summed E-state index contributed by atoms with van der Waals surface area (Å²) < 4.78 is 4.99. The molecule has 3 rings (SSSR count). The number of carbonyl (C=O) groups is 2. The number of benzene rings is 1. The van der Waals surface area contributed by atoms with Gasteiger partial charge in [0, 0.05) is 42.3 Å². The molecule has 0 saturated carbocycles. The molecule has 1 fully saturated rings. The number of esters is 1. The van der Waals surface area contributed by atoms with Crippen LogP contribution in [0.15, 0.2) is 24.3 Å². The number of aryl methyl sites for hydroxylation is 1. The highest BCUT2D eigenvalue weighted by atomic mass is 32.1. The Bertz CT molecular complexity index is 945. The van der Waals surface area contributed by atoms with Crippen molar-refractivity contribution in [1.29, 1.82) is 0 Å². The maximum atomic E-state index is 12.3. The van der Waals surface area contributed by atoms with E-state index >= 15 is 0 Å². The molecule has 2 heterocycles. The number of piperazine rings is 1. The summed E-state index contributed by atoms with van der Waals surface area (Å²) in [5.74, 6) is -0.260. The van der Waals surface area contributed by atoms with Crippen LogP contribution < -0.4 is 10.2 Å². The lowest BCUT2D eigenvalue weighted by molar-refractivity contribution is 0.0601. The summed E-state index contributed by atoms with van der Waals surface area (Å²) in [5, 5.41) is 4.66. The van der Waals surface area contributed by atoms with Gasteiger partial charge in [0.1, 0.15) is 5.00 Å². The van der Waals surface area contributed by atoms with Gasteiger partial charge in [-0.1, -0.05) is 6.92 Å². The molecule has 1 aromatic carbocycles. The highest BCUT2D eigenvalue weighted by Crippen LogP contribution is 2.34. The molecular weight excluding hydrogens is 418 g/mol. The number of hydrogen-bond acceptors (Lipinski definition) is 6. The summed E-state index contributed by atoms with van der Waals surface area (Å²) in [5.41, 5.74) is 3.43. The van der Waals surface area contributed by atoms with Crippen LogP contribution in [0, 0.1) is 6.92 Å². The molecule has 0 radical (unpaired) electrons. The highest BCUT2D eigenvalue weighted by molar-refractivity contribution is 7.80. The Hall–Kier alpha value is -2.45. The predicted molar refractivity (Wildman–Crippen MR) is 126 cm³/mol. The summed E-state index contributed by atoms with van der Waals surface area (Å²) >= 11 is 7.18. The number of nitrogens with zero attached hydrogens (tertiary/aromatic N) is 2. The largest absolute Gasteiger partial charge is 0.465 e. The van der Waals surface area contributed by atoms with Crippen molar-refractivity contribution in [3.63, 3.8) is 0 Å². The maximum Gasteiger partial charge on any atom is 0.341 e. The van der Waals surface area contributed by atoms with Gasteiger partial charge in [-0.2, -0.15) is 0 Å². The molecule has 2 aromatic rings. The first-order valence-electron chi connectivity index (χ1n) is 9.98. The Morgan fingerprint density at radius 2 is 1.80 bits per heavy atom. The van der Waals surface area contributed by atoms with E-state index in [0.29, 0.717) is 10.7 Å². The van der Waals surface area contributed by atoms with E-state index in [0.717, 1.165) is 59.3 Å². The topological polar surface area (TPSA) is 61.9 Å². The lowest BCUT2D eigenvalue weighted by Crippen LogP contribution is -2.50. The SMILES string of the molecule is CCc1c(C)sc(NC(=S)N2CCN(c3ccc(C(C)=O)cc3)CC2)c1C(=O)OC. The molecule has 1 saturated heterocycles. The van der Waals surface area contributed by atoms with E-state index in [9.17, 15) is 9.59 Å². The number of ether oxygens (including phenoxy) is 1. The molecule has 160 valence electrons. The van der Waals surface area contributed by atoms with Crippen LogP contribution >= 0.6 is 23.6 Å². The standard InChI is InChI=1S/C22H27N3O3S2/c1-5-18-15(3)30-20(19(18)21(27)28-4)23-22(29)25-12-10-24(11-13-25)17-8-6-16(7-9-17)14(2)26/h6-9H,5,10-13H2,1-4H3,(H,23,29). The van der Waals surface area contributed by atoms with Crippen molar-refractivity contribution in [3.8, 4) is 0 Å². The van der Waals surface area contributed by atoms with Gasteiger partial charge in [0.05, 0.1) is 12.7 Å². The zero-order chi connectivity index (χ0) is 21.8. The van der Waals surface area contributed by atoms with E-state index in [-0.39, 0.29) is 11.8 Å². The van der Waals surface area contributed by atoms with E-state index in [1.807, 2.05) is 38.1 Å². The van der Waals surface area contributed by atoms with Gasteiger partial charge in [0.15, 0.2) is 10.9 Å². The van der Waals surface area contributed by atoms with E-state index in [1.165, 1.54) is 18.4 Å². The first kappa shape index (κ1) is 22.2. The fourth-order valence-electron chi connectivity index (χ4n) is 3.66. The summed E-state index contributed by atoms with van der Waals surface area (Å²) in [6.07, 6.45) is 0.766. The minimum Gasteiger partial charge on any atom is -0.465 e. The van der Waals surface area contributed by atoms with Crippen LogP contribution in [0.1, 0.15) is 45.0 Å². The number of rotatable bonds is 5. The lowest BCUT2D eigenvalue weighted by Gasteiger charge is -2.37. The molecule has 30 heavy (non-hydrogen) atoms. The van der Waals surface area contributed by atoms with Gasteiger partial charge in [-0.05, 0) is 62.3 Å². The molecule has 0 amide bonds. The molecule has 1 aliphatic rings. The van der Waals surface area contributed by atoms with Gasteiger partial charge in [-0.25, -0.2) is 4.79 Å². The molecule has 0 bridgehead atoms. The second-order valence-electron chi connectivity index (χ2n) is 7.19. The zero-order valence-electron chi connectivity index (χ0n) is 17.8. The second kappa shape index (κ2) is 9.57. The summed E-state index contributed by atoms with van der Waals surface area (Å²) in [6, 6.07) is 7.72. The van der Waals surface area contributed by atoms with Gasteiger partial charge in [-0.3, -0.25) is 4.79 Å².